The molecular weight excluding hydrogens is 491 g/mol. The molecule has 1 saturated heterocycles. The molecule has 198 valence electrons. The number of hydrogen-bond acceptors (Lipinski definition) is 7. The first-order chi connectivity index (χ1) is 17.4. The standard InChI is InChI=1S/C25H28F3N5O4/c1-23(35)12-15-10-18(31-22(34)17-13-30-33-7-3-6-29-21(17)33)19(11-20(15)37-14-23)32-8-4-16(5-9-32)24(2,36)25(26,27)28/h3,6-7,10-11,13,16,35-36H,4-5,8-9,12,14H2,1-2H3,(H,31,34)/t23-,24-/m1/s1. The van der Waals surface area contributed by atoms with Crippen LogP contribution in [0.2, 0.25) is 0 Å². The first-order valence-electron chi connectivity index (χ1n) is 12.0. The molecule has 5 rings (SSSR count). The minimum absolute atomic E-state index is 0.0930. The Hall–Kier alpha value is -3.38. The van der Waals surface area contributed by atoms with Crippen LogP contribution in [0.1, 0.15) is 42.6 Å². The lowest BCUT2D eigenvalue weighted by molar-refractivity contribution is -0.273. The van der Waals surface area contributed by atoms with Crippen molar-refractivity contribution in [3.63, 3.8) is 0 Å². The second-order valence-corrected chi connectivity index (χ2v) is 10.2. The average Bonchev–Trinajstić information content (AvgIpc) is 3.27. The summed E-state index contributed by atoms with van der Waals surface area (Å²) in [7, 11) is 0. The number of alkyl halides is 3. The van der Waals surface area contributed by atoms with E-state index in [4.69, 9.17) is 4.74 Å². The van der Waals surface area contributed by atoms with Gasteiger partial charge in [-0.25, -0.2) is 9.50 Å². The van der Waals surface area contributed by atoms with Gasteiger partial charge in [-0.3, -0.25) is 4.79 Å². The van der Waals surface area contributed by atoms with Crippen LogP contribution in [0.4, 0.5) is 24.5 Å². The molecule has 2 aromatic heterocycles. The van der Waals surface area contributed by atoms with E-state index in [0.717, 1.165) is 6.92 Å². The van der Waals surface area contributed by atoms with Gasteiger partial charge in [0.15, 0.2) is 11.2 Å². The molecule has 0 unspecified atom stereocenters. The summed E-state index contributed by atoms with van der Waals surface area (Å²) in [5.41, 5.74) is -1.51. The van der Waals surface area contributed by atoms with Gasteiger partial charge in [-0.15, -0.1) is 0 Å². The van der Waals surface area contributed by atoms with E-state index in [2.05, 4.69) is 15.4 Å². The first kappa shape index (κ1) is 25.3. The smallest absolute Gasteiger partial charge is 0.417 e. The summed E-state index contributed by atoms with van der Waals surface area (Å²) in [5.74, 6) is -0.856. The van der Waals surface area contributed by atoms with Crippen molar-refractivity contribution in [2.45, 2.75) is 50.5 Å². The van der Waals surface area contributed by atoms with Gasteiger partial charge in [-0.1, -0.05) is 0 Å². The van der Waals surface area contributed by atoms with Crippen molar-refractivity contribution >= 4 is 22.9 Å². The van der Waals surface area contributed by atoms with Crippen LogP contribution in [0.3, 0.4) is 0 Å². The summed E-state index contributed by atoms with van der Waals surface area (Å²) in [5, 5.41) is 27.7. The molecule has 3 N–H and O–H groups in total. The van der Waals surface area contributed by atoms with Gasteiger partial charge in [0.1, 0.15) is 17.9 Å². The number of amides is 1. The van der Waals surface area contributed by atoms with E-state index in [9.17, 15) is 28.2 Å². The van der Waals surface area contributed by atoms with Gasteiger partial charge in [0, 0.05) is 38.0 Å². The van der Waals surface area contributed by atoms with E-state index >= 15 is 0 Å². The zero-order valence-electron chi connectivity index (χ0n) is 20.4. The van der Waals surface area contributed by atoms with Gasteiger partial charge in [0.05, 0.1) is 23.2 Å². The molecule has 1 amide bonds. The molecule has 1 fully saturated rings. The number of benzene rings is 1. The highest BCUT2D eigenvalue weighted by Crippen LogP contribution is 2.43. The molecule has 0 radical (unpaired) electrons. The topological polar surface area (TPSA) is 112 Å². The predicted octanol–water partition coefficient (Wildman–Crippen LogP) is 3.20. The van der Waals surface area contributed by atoms with Crippen LogP contribution in [0.25, 0.3) is 5.65 Å². The van der Waals surface area contributed by atoms with Crippen molar-refractivity contribution in [1.82, 2.24) is 14.6 Å². The highest BCUT2D eigenvalue weighted by atomic mass is 19.4. The Labute approximate surface area is 210 Å². The van der Waals surface area contributed by atoms with Gasteiger partial charge in [-0.2, -0.15) is 18.3 Å². The lowest BCUT2D eigenvalue weighted by Gasteiger charge is -2.41. The first-order valence-corrected chi connectivity index (χ1v) is 12.0. The molecule has 1 aromatic carbocycles. The minimum atomic E-state index is -4.72. The van der Waals surface area contributed by atoms with Crippen LogP contribution < -0.4 is 15.0 Å². The zero-order valence-corrected chi connectivity index (χ0v) is 20.4. The third-order valence-electron chi connectivity index (χ3n) is 7.27. The molecule has 2 aliphatic rings. The summed E-state index contributed by atoms with van der Waals surface area (Å²) in [6.07, 6.45) is 0.447. The highest BCUT2D eigenvalue weighted by Gasteiger charge is 2.55. The van der Waals surface area contributed by atoms with Gasteiger partial charge < -0.3 is 25.2 Å². The van der Waals surface area contributed by atoms with E-state index in [1.54, 1.807) is 37.5 Å². The number of aromatic nitrogens is 3. The number of fused-ring (bicyclic) bond motifs is 2. The quantitative estimate of drug-likeness (QED) is 0.485. The number of nitrogens with zero attached hydrogens (tertiary/aromatic N) is 4. The Kier molecular flexibility index (Phi) is 6.06. The Bertz CT molecular complexity index is 1330. The molecule has 2 aliphatic heterocycles. The lowest BCUT2D eigenvalue weighted by Crippen LogP contribution is -2.52. The van der Waals surface area contributed by atoms with Gasteiger partial charge in [0.25, 0.3) is 5.91 Å². The molecule has 3 aromatic rings. The summed E-state index contributed by atoms with van der Waals surface area (Å²) < 4.78 is 47.4. The van der Waals surface area contributed by atoms with Crippen molar-refractivity contribution in [2.24, 2.45) is 5.92 Å². The largest absolute Gasteiger partial charge is 0.490 e. The van der Waals surface area contributed by atoms with Gasteiger partial charge >= 0.3 is 6.18 Å². The van der Waals surface area contributed by atoms with Gasteiger partial charge in [-0.05, 0) is 50.3 Å². The molecule has 0 saturated carbocycles. The molecular formula is C25H28F3N5O4. The third-order valence-corrected chi connectivity index (χ3v) is 7.27. The number of anilines is 2. The van der Waals surface area contributed by atoms with Crippen molar-refractivity contribution in [1.29, 1.82) is 0 Å². The Morgan fingerprint density at radius 1 is 1.27 bits per heavy atom. The van der Waals surface area contributed by atoms with Crippen LogP contribution >= 0.6 is 0 Å². The van der Waals surface area contributed by atoms with Crippen LogP contribution in [-0.4, -0.2) is 67.8 Å². The normalized spacial score (nSPS) is 22.3. The number of halogens is 3. The molecule has 9 nitrogen and oxygen atoms in total. The number of hydrogen-bond donors (Lipinski definition) is 3. The Morgan fingerprint density at radius 2 is 2.00 bits per heavy atom. The maximum atomic E-state index is 13.4. The minimum Gasteiger partial charge on any atom is -0.490 e. The molecule has 0 aliphatic carbocycles. The van der Waals surface area contributed by atoms with Gasteiger partial charge in [0.2, 0.25) is 0 Å². The van der Waals surface area contributed by atoms with E-state index in [1.165, 1.54) is 10.7 Å². The number of rotatable bonds is 4. The molecule has 37 heavy (non-hydrogen) atoms. The summed E-state index contributed by atoms with van der Waals surface area (Å²) in [6.45, 7) is 3.06. The summed E-state index contributed by atoms with van der Waals surface area (Å²) >= 11 is 0. The van der Waals surface area contributed by atoms with Crippen molar-refractivity contribution in [2.75, 3.05) is 29.9 Å². The molecule has 4 heterocycles. The fraction of sp³-hybridized carbons (Fsp3) is 0.480. The monoisotopic (exact) mass is 519 g/mol. The molecule has 0 bridgehead atoms. The number of nitrogens with one attached hydrogen (secondary N) is 1. The maximum Gasteiger partial charge on any atom is 0.417 e. The second kappa shape index (κ2) is 8.88. The van der Waals surface area contributed by atoms with E-state index < -0.39 is 29.2 Å². The number of piperidine rings is 1. The van der Waals surface area contributed by atoms with Crippen molar-refractivity contribution in [3.05, 3.63) is 47.9 Å². The van der Waals surface area contributed by atoms with Crippen molar-refractivity contribution in [3.8, 4) is 5.75 Å². The fourth-order valence-corrected chi connectivity index (χ4v) is 5.03. The van der Waals surface area contributed by atoms with E-state index in [1.807, 2.05) is 4.90 Å². The molecule has 2 atom stereocenters. The molecule has 0 spiro atoms. The van der Waals surface area contributed by atoms with Crippen LogP contribution in [0, 0.1) is 5.92 Å². The summed E-state index contributed by atoms with van der Waals surface area (Å²) in [6, 6.07) is 5.17. The highest BCUT2D eigenvalue weighted by molar-refractivity contribution is 6.09. The molecule has 12 heteroatoms. The summed E-state index contributed by atoms with van der Waals surface area (Å²) in [4.78, 5) is 19.3. The zero-order chi connectivity index (χ0) is 26.6. The van der Waals surface area contributed by atoms with Crippen LogP contribution in [0.15, 0.2) is 36.8 Å². The van der Waals surface area contributed by atoms with Crippen LogP contribution in [-0.2, 0) is 6.42 Å². The fourth-order valence-electron chi connectivity index (χ4n) is 5.03. The Morgan fingerprint density at radius 3 is 2.70 bits per heavy atom. The third kappa shape index (κ3) is 4.71. The van der Waals surface area contributed by atoms with E-state index in [0.29, 0.717) is 34.8 Å². The maximum absolute atomic E-state index is 13.4. The van der Waals surface area contributed by atoms with Crippen molar-refractivity contribution < 1.29 is 32.9 Å². The number of carbonyl (C=O) groups is 1. The Balaban J connectivity index is 1.45. The van der Waals surface area contributed by atoms with E-state index in [-0.39, 0.29) is 38.1 Å². The predicted molar refractivity (Wildman–Crippen MR) is 129 cm³/mol. The SMILES string of the molecule is C[C@]1(O)COc2cc(N3CCC([C@@](C)(O)C(F)(F)F)CC3)c(NC(=O)c3cnn4cccnc34)cc2C1. The number of aliphatic hydroxyl groups is 2. The average molecular weight is 520 g/mol. The second-order valence-electron chi connectivity index (χ2n) is 10.2. The number of ether oxygens (including phenoxy) is 1. The lowest BCUT2D eigenvalue weighted by atomic mass is 9.81. The number of carbonyl (C=O) groups excluding carboxylic acids is 1. The van der Waals surface area contributed by atoms with Crippen LogP contribution in [0.5, 0.6) is 5.75 Å².